The third kappa shape index (κ3) is 4.10. The highest BCUT2D eigenvalue weighted by Gasteiger charge is 2.93. The lowest BCUT2D eigenvalue weighted by molar-refractivity contribution is -0.407. The summed E-state index contributed by atoms with van der Waals surface area (Å²) in [5.74, 6) is -35.9. The molecule has 0 unspecified atom stereocenters. The van der Waals surface area contributed by atoms with Crippen LogP contribution in [0.1, 0.15) is 0 Å². The topological polar surface area (TPSA) is 68.3 Å². The van der Waals surface area contributed by atoms with Gasteiger partial charge >= 0.3 is 34.2 Å². The number of hydrogen-bond acceptors (Lipinski definition) is 4. The van der Waals surface area contributed by atoms with E-state index >= 15 is 0 Å². The van der Waals surface area contributed by atoms with E-state index in [0.29, 0.717) is 0 Å². The Hall–Kier alpha value is -2.64. The smallest absolute Gasteiger partial charge is 0.217 e. The second-order valence-corrected chi connectivity index (χ2v) is 11.2. The van der Waals surface area contributed by atoms with Gasteiger partial charge in [-0.25, -0.2) is 25.6 Å². The second kappa shape index (κ2) is 8.95. The van der Waals surface area contributed by atoms with Crippen LogP contribution in [0.2, 0.25) is 0 Å². The van der Waals surface area contributed by atoms with Gasteiger partial charge in [0.25, 0.3) is 0 Å². The van der Waals surface area contributed by atoms with E-state index in [4.69, 9.17) is 0 Å². The summed E-state index contributed by atoms with van der Waals surface area (Å²) in [5, 5.41) is -14.9. The molecule has 2 aromatic carbocycles. The molecule has 0 amide bonds. The zero-order valence-corrected chi connectivity index (χ0v) is 19.0. The highest BCUT2D eigenvalue weighted by Crippen LogP contribution is 2.62. The van der Waals surface area contributed by atoms with Crippen molar-refractivity contribution in [1.29, 1.82) is 0 Å². The van der Waals surface area contributed by atoms with Gasteiger partial charge in [-0.1, -0.05) is 0 Å². The van der Waals surface area contributed by atoms with Crippen LogP contribution in [0.5, 0.6) is 0 Å². The molecule has 0 aliphatic heterocycles. The Morgan fingerprint density at radius 3 is 0.816 bits per heavy atom. The summed E-state index contributed by atoms with van der Waals surface area (Å²) in [6.07, 6.45) is 0. The lowest BCUT2D eigenvalue weighted by Gasteiger charge is -2.40. The lowest BCUT2D eigenvalue weighted by atomic mass is 9.98. The molecular weight excluding hydrogens is 610 g/mol. The molecule has 4 nitrogen and oxygen atoms in total. The fraction of sp³-hybridized carbons (Fsp3) is 0.333. The molecule has 214 valence electrons. The summed E-state index contributed by atoms with van der Waals surface area (Å²) in [6, 6.07) is -0.921. The Labute approximate surface area is 202 Å². The van der Waals surface area contributed by atoms with Gasteiger partial charge in [0.05, 0.1) is 9.79 Å². The van der Waals surface area contributed by atoms with Crippen molar-refractivity contribution in [2.75, 3.05) is 0 Å². The van der Waals surface area contributed by atoms with E-state index in [0.717, 1.165) is 0 Å². The van der Waals surface area contributed by atoms with Crippen molar-refractivity contribution in [1.82, 2.24) is 0 Å². The van der Waals surface area contributed by atoms with E-state index in [-0.39, 0.29) is 48.5 Å². The van der Waals surface area contributed by atoms with Crippen LogP contribution in [0, 0.1) is 11.6 Å². The molecule has 0 aromatic heterocycles. The molecule has 2 rings (SSSR count). The fourth-order valence-electron chi connectivity index (χ4n) is 2.62. The minimum Gasteiger partial charge on any atom is -0.217 e. The highest BCUT2D eigenvalue weighted by molar-refractivity contribution is 7.92. The molecule has 0 fully saturated rings. The largest absolute Gasteiger partial charge is 0.418 e. The Kier molecular flexibility index (Phi) is 7.44. The van der Waals surface area contributed by atoms with Crippen LogP contribution in [0.15, 0.2) is 58.3 Å². The maximum atomic E-state index is 14.2. The van der Waals surface area contributed by atoms with Crippen molar-refractivity contribution in [2.24, 2.45) is 0 Å². The first kappa shape index (κ1) is 31.6. The SMILES string of the molecule is O=S(=O)(c1ccc(F)cc1)C(F)(F)C(F)(F)C(F)(F)C(F)(F)C(F)(F)C(F)(F)S(=O)(=O)c1ccc(F)cc1. The van der Waals surface area contributed by atoms with Crippen molar-refractivity contribution >= 4 is 19.7 Å². The third-order valence-electron chi connectivity index (χ3n) is 4.84. The molecule has 0 aliphatic carbocycles. The van der Waals surface area contributed by atoms with E-state index in [2.05, 4.69) is 0 Å². The maximum absolute atomic E-state index is 14.2. The van der Waals surface area contributed by atoms with Crippen LogP contribution >= 0.6 is 0 Å². The van der Waals surface area contributed by atoms with Crippen molar-refractivity contribution in [3.63, 3.8) is 0 Å². The molecule has 38 heavy (non-hydrogen) atoms. The molecule has 0 bridgehead atoms. The fourth-order valence-corrected chi connectivity index (χ4v) is 5.13. The van der Waals surface area contributed by atoms with Gasteiger partial charge in [0.15, 0.2) is 0 Å². The van der Waals surface area contributed by atoms with E-state index in [1.807, 2.05) is 0 Å². The summed E-state index contributed by atoms with van der Waals surface area (Å²) in [4.78, 5) is -4.22. The van der Waals surface area contributed by atoms with E-state index in [9.17, 15) is 78.3 Å². The molecule has 0 aliphatic rings. The van der Waals surface area contributed by atoms with Crippen LogP contribution in [0.3, 0.4) is 0 Å². The number of sulfone groups is 2. The Morgan fingerprint density at radius 2 is 0.605 bits per heavy atom. The Morgan fingerprint density at radius 1 is 0.395 bits per heavy atom. The maximum Gasteiger partial charge on any atom is 0.418 e. The van der Waals surface area contributed by atoms with Gasteiger partial charge in [-0.3, -0.25) is 0 Å². The molecule has 0 saturated heterocycles. The van der Waals surface area contributed by atoms with Gasteiger partial charge in [-0.2, -0.15) is 52.7 Å². The van der Waals surface area contributed by atoms with E-state index in [1.54, 1.807) is 0 Å². The molecule has 0 N–H and O–H groups in total. The lowest BCUT2D eigenvalue weighted by Crippen LogP contribution is -2.72. The average molecular weight is 618 g/mol. The monoisotopic (exact) mass is 618 g/mol. The zero-order chi connectivity index (χ0) is 30.0. The van der Waals surface area contributed by atoms with Crippen LogP contribution in [-0.4, -0.2) is 51.0 Å². The summed E-state index contributed by atoms with van der Waals surface area (Å²) >= 11 is 0. The molecule has 0 spiro atoms. The van der Waals surface area contributed by atoms with Crippen molar-refractivity contribution in [2.45, 2.75) is 44.0 Å². The van der Waals surface area contributed by atoms with Gasteiger partial charge in [0, 0.05) is 0 Å². The Balaban J connectivity index is 2.70. The van der Waals surface area contributed by atoms with Crippen LogP contribution in [0.4, 0.5) is 61.5 Å². The van der Waals surface area contributed by atoms with Crippen LogP contribution < -0.4 is 0 Å². The van der Waals surface area contributed by atoms with Gasteiger partial charge in [0.2, 0.25) is 19.7 Å². The summed E-state index contributed by atoms with van der Waals surface area (Å²) < 4.78 is 243. The molecular formula is C18H8F14O4S2. The second-order valence-electron chi connectivity index (χ2n) is 7.25. The van der Waals surface area contributed by atoms with Crippen molar-refractivity contribution in [3.8, 4) is 0 Å². The number of hydrogen-bond donors (Lipinski definition) is 0. The number of rotatable bonds is 9. The quantitative estimate of drug-likeness (QED) is 0.258. The molecule has 2 aromatic rings. The third-order valence-corrected chi connectivity index (χ3v) is 8.49. The average Bonchev–Trinajstić information content (AvgIpc) is 2.78. The summed E-state index contributed by atoms with van der Waals surface area (Å²) in [5.41, 5.74) is 0. The minimum atomic E-state index is -8.41. The van der Waals surface area contributed by atoms with Gasteiger partial charge in [-0.15, -0.1) is 0 Å². The number of halogens is 14. The number of alkyl halides is 12. The predicted octanol–water partition coefficient (Wildman–Crippen LogP) is 5.94. The van der Waals surface area contributed by atoms with Crippen molar-refractivity contribution < 1.29 is 78.3 Å². The Bertz CT molecular complexity index is 1290. The molecule has 20 heteroatoms. The highest BCUT2D eigenvalue weighted by atomic mass is 32.2. The predicted molar refractivity (Wildman–Crippen MR) is 96.9 cm³/mol. The first-order valence-corrected chi connectivity index (χ1v) is 12.0. The summed E-state index contributed by atoms with van der Waals surface area (Å²) in [6.45, 7) is 0. The van der Waals surface area contributed by atoms with Gasteiger partial charge in [-0.05, 0) is 48.5 Å². The first-order chi connectivity index (χ1) is 16.7. The van der Waals surface area contributed by atoms with Crippen molar-refractivity contribution in [3.05, 3.63) is 60.2 Å². The van der Waals surface area contributed by atoms with Crippen LogP contribution in [-0.2, 0) is 19.7 Å². The zero-order valence-electron chi connectivity index (χ0n) is 17.4. The molecule has 0 saturated carbocycles. The van der Waals surface area contributed by atoms with Gasteiger partial charge < -0.3 is 0 Å². The first-order valence-electron chi connectivity index (χ1n) is 9.02. The number of benzene rings is 2. The minimum absolute atomic E-state index is 0.00284. The standard InChI is InChI=1S/C18H8F14O4S2/c19-9-1-5-11(6-2-9)37(33,34)17(29,30)15(25,26)13(21,22)14(23,24)16(27,28)18(31,32)38(35,36)12-7-3-10(20)4-8-12/h1-8H. The molecule has 0 heterocycles. The normalized spacial score (nSPS) is 15.0. The molecule has 0 atom stereocenters. The van der Waals surface area contributed by atoms with Gasteiger partial charge in [0.1, 0.15) is 11.6 Å². The molecule has 0 radical (unpaired) electrons. The summed E-state index contributed by atoms with van der Waals surface area (Å²) in [7, 11) is -14.5. The van der Waals surface area contributed by atoms with E-state index < -0.39 is 75.3 Å². The van der Waals surface area contributed by atoms with E-state index in [1.165, 1.54) is 0 Å². The van der Waals surface area contributed by atoms with Crippen LogP contribution in [0.25, 0.3) is 0 Å².